The van der Waals surface area contributed by atoms with Crippen molar-refractivity contribution in [3.05, 3.63) is 59.5 Å². The summed E-state index contributed by atoms with van der Waals surface area (Å²) in [5, 5.41) is 18.7. The minimum atomic E-state index is -4.72. The van der Waals surface area contributed by atoms with Crippen LogP contribution in [-0.2, 0) is 12.6 Å². The molecule has 1 N–H and O–H groups in total. The molecule has 0 aliphatic carbocycles. The minimum Gasteiger partial charge on any atom is -0.306 e. The average Bonchev–Trinajstić information content (AvgIpc) is 3.52. The van der Waals surface area contributed by atoms with Gasteiger partial charge in [-0.3, -0.25) is 4.90 Å². The van der Waals surface area contributed by atoms with E-state index in [1.807, 2.05) is 18.2 Å². The lowest BCUT2D eigenvalue weighted by atomic mass is 9.96. The van der Waals surface area contributed by atoms with Crippen LogP contribution < -0.4 is 10.2 Å². The smallest absolute Gasteiger partial charge is 0.306 e. The summed E-state index contributed by atoms with van der Waals surface area (Å²) in [5.41, 5.74) is 3.02. The number of fused-ring (bicyclic) bond motifs is 1. The van der Waals surface area contributed by atoms with Gasteiger partial charge in [0.05, 0.1) is 24.3 Å². The number of aromatic nitrogens is 6. The maximum Gasteiger partial charge on any atom is 0.420 e. The second-order valence-corrected chi connectivity index (χ2v) is 7.98. The van der Waals surface area contributed by atoms with E-state index in [9.17, 15) is 18.0 Å². The Morgan fingerprint density at radius 3 is 2.73 bits per heavy atom. The van der Waals surface area contributed by atoms with Crippen LogP contribution in [0, 0.1) is 0 Å². The third kappa shape index (κ3) is 4.02. The highest BCUT2D eigenvalue weighted by Crippen LogP contribution is 2.37. The summed E-state index contributed by atoms with van der Waals surface area (Å²) in [6, 6.07) is 5.82. The normalized spacial score (nSPS) is 13.6. The van der Waals surface area contributed by atoms with E-state index in [2.05, 4.69) is 30.7 Å². The van der Waals surface area contributed by atoms with Gasteiger partial charge >= 0.3 is 12.2 Å². The van der Waals surface area contributed by atoms with E-state index in [0.29, 0.717) is 18.7 Å². The van der Waals surface area contributed by atoms with Crippen molar-refractivity contribution >= 4 is 28.7 Å². The molecule has 168 valence electrons. The second-order valence-electron chi connectivity index (χ2n) is 7.14. The van der Waals surface area contributed by atoms with E-state index >= 15 is 0 Å². The summed E-state index contributed by atoms with van der Waals surface area (Å²) < 4.78 is 40.9. The summed E-state index contributed by atoms with van der Waals surface area (Å²) >= 11 is 1.40. The predicted octanol–water partition coefficient (Wildman–Crippen LogP) is 4.18. The van der Waals surface area contributed by atoms with Gasteiger partial charge < -0.3 is 5.32 Å². The van der Waals surface area contributed by atoms with E-state index in [4.69, 9.17) is 0 Å². The Labute approximate surface area is 188 Å². The van der Waals surface area contributed by atoms with Gasteiger partial charge in [0.15, 0.2) is 5.82 Å². The topological polar surface area (TPSA) is 102 Å². The molecular weight excluding hydrogens is 457 g/mol. The maximum absolute atomic E-state index is 13.6. The van der Waals surface area contributed by atoms with Crippen molar-refractivity contribution in [1.82, 2.24) is 30.2 Å². The van der Waals surface area contributed by atoms with Crippen molar-refractivity contribution in [2.24, 2.45) is 0 Å². The molecule has 0 saturated heterocycles. The molecule has 33 heavy (non-hydrogen) atoms. The van der Waals surface area contributed by atoms with Crippen molar-refractivity contribution in [2.45, 2.75) is 19.0 Å². The first-order chi connectivity index (χ1) is 15.9. The molecule has 5 rings (SSSR count). The van der Waals surface area contributed by atoms with Crippen LogP contribution in [0.5, 0.6) is 0 Å². The standard InChI is InChI=1S/C20H15F3N8OS/c21-20(22,23)15-9-12(10-24-17(15)31-26-6-7-27-31)28-19(32)30-8-2-4-13-14(3-1-5-16(13)30)18-29-25-11-33-18/h1,3,5-7,9-11H,2,4,8H2,(H,28,32). The molecular formula is C20H15F3N8OS. The van der Waals surface area contributed by atoms with E-state index in [1.165, 1.54) is 28.6 Å². The second kappa shape index (κ2) is 8.24. The average molecular weight is 472 g/mol. The molecule has 0 radical (unpaired) electrons. The quantitative estimate of drug-likeness (QED) is 0.480. The van der Waals surface area contributed by atoms with E-state index in [-0.39, 0.29) is 5.69 Å². The van der Waals surface area contributed by atoms with Gasteiger partial charge in [0, 0.05) is 17.8 Å². The van der Waals surface area contributed by atoms with Crippen LogP contribution in [0.25, 0.3) is 16.4 Å². The Hall–Kier alpha value is -3.87. The third-order valence-corrected chi connectivity index (χ3v) is 5.84. The molecule has 0 bridgehead atoms. The first-order valence-electron chi connectivity index (χ1n) is 9.82. The van der Waals surface area contributed by atoms with Gasteiger partial charge in [0.1, 0.15) is 16.1 Å². The van der Waals surface area contributed by atoms with Gasteiger partial charge in [-0.2, -0.15) is 23.4 Å². The van der Waals surface area contributed by atoms with Crippen LogP contribution in [0.15, 0.2) is 48.4 Å². The molecule has 9 nitrogen and oxygen atoms in total. The van der Waals surface area contributed by atoms with Crippen molar-refractivity contribution in [3.8, 4) is 16.4 Å². The molecule has 0 atom stereocenters. The molecule has 1 aromatic carbocycles. The Morgan fingerprint density at radius 2 is 2.00 bits per heavy atom. The van der Waals surface area contributed by atoms with Gasteiger partial charge in [-0.05, 0) is 30.5 Å². The molecule has 0 fully saturated rings. The van der Waals surface area contributed by atoms with Crippen molar-refractivity contribution < 1.29 is 18.0 Å². The van der Waals surface area contributed by atoms with Crippen LogP contribution in [0.2, 0.25) is 0 Å². The molecule has 2 amide bonds. The zero-order chi connectivity index (χ0) is 23.0. The first-order valence-corrected chi connectivity index (χ1v) is 10.7. The maximum atomic E-state index is 13.6. The number of rotatable bonds is 3. The largest absolute Gasteiger partial charge is 0.420 e. The predicted molar refractivity (Wildman–Crippen MR) is 114 cm³/mol. The van der Waals surface area contributed by atoms with Gasteiger partial charge in [0.2, 0.25) is 0 Å². The number of hydrogen-bond acceptors (Lipinski definition) is 7. The molecule has 13 heteroatoms. The summed E-state index contributed by atoms with van der Waals surface area (Å²) in [6.07, 6.45) is 0.383. The lowest BCUT2D eigenvalue weighted by Gasteiger charge is -2.30. The summed E-state index contributed by atoms with van der Waals surface area (Å²) in [7, 11) is 0. The van der Waals surface area contributed by atoms with Crippen LogP contribution in [-0.4, -0.2) is 42.8 Å². The van der Waals surface area contributed by atoms with Crippen molar-refractivity contribution in [3.63, 3.8) is 0 Å². The first kappa shape index (κ1) is 21.0. The SMILES string of the molecule is O=C(Nc1cnc(-n2nccn2)c(C(F)(F)F)c1)N1CCCc2c(-c3nncs3)cccc21. The van der Waals surface area contributed by atoms with Crippen LogP contribution in [0.4, 0.5) is 29.3 Å². The number of nitrogens with one attached hydrogen (secondary N) is 1. The third-order valence-electron chi connectivity index (χ3n) is 5.12. The van der Waals surface area contributed by atoms with Crippen molar-refractivity contribution in [1.29, 1.82) is 0 Å². The highest BCUT2D eigenvalue weighted by atomic mass is 32.1. The fraction of sp³-hybridized carbons (Fsp3) is 0.200. The number of nitrogens with zero attached hydrogens (tertiary/aromatic N) is 7. The fourth-order valence-corrected chi connectivity index (χ4v) is 4.34. The van der Waals surface area contributed by atoms with Gasteiger partial charge in [-0.15, -0.1) is 15.0 Å². The molecule has 0 saturated carbocycles. The molecule has 1 aliphatic rings. The molecule has 1 aliphatic heterocycles. The number of carbonyl (C=O) groups is 1. The highest BCUT2D eigenvalue weighted by Gasteiger charge is 2.36. The Morgan fingerprint density at radius 1 is 1.18 bits per heavy atom. The molecule has 0 unspecified atom stereocenters. The summed E-state index contributed by atoms with van der Waals surface area (Å²) in [6.45, 7) is 0.424. The monoisotopic (exact) mass is 472 g/mol. The van der Waals surface area contributed by atoms with Crippen LogP contribution in [0.1, 0.15) is 17.5 Å². The summed E-state index contributed by atoms with van der Waals surface area (Å²) in [4.78, 5) is 19.2. The van der Waals surface area contributed by atoms with Gasteiger partial charge in [-0.1, -0.05) is 23.5 Å². The lowest BCUT2D eigenvalue weighted by molar-refractivity contribution is -0.137. The zero-order valence-corrected chi connectivity index (χ0v) is 17.6. The number of carbonyl (C=O) groups excluding carboxylic acids is 1. The molecule has 3 aromatic heterocycles. The Bertz CT molecular complexity index is 1290. The van der Waals surface area contributed by atoms with E-state index < -0.39 is 23.6 Å². The highest BCUT2D eigenvalue weighted by molar-refractivity contribution is 7.12. The Kier molecular flexibility index (Phi) is 5.24. The number of urea groups is 1. The minimum absolute atomic E-state index is 0.0874. The Balaban J connectivity index is 1.45. The molecule has 4 heterocycles. The van der Waals surface area contributed by atoms with Crippen molar-refractivity contribution in [2.75, 3.05) is 16.8 Å². The van der Waals surface area contributed by atoms with Gasteiger partial charge in [0.25, 0.3) is 0 Å². The zero-order valence-electron chi connectivity index (χ0n) is 16.8. The number of anilines is 2. The van der Waals surface area contributed by atoms with Gasteiger partial charge in [-0.25, -0.2) is 9.78 Å². The number of pyridine rings is 1. The number of halogens is 3. The molecule has 0 spiro atoms. The van der Waals surface area contributed by atoms with E-state index in [1.54, 1.807) is 5.51 Å². The number of amides is 2. The van der Waals surface area contributed by atoms with Crippen LogP contribution in [0.3, 0.4) is 0 Å². The van der Waals surface area contributed by atoms with E-state index in [0.717, 1.165) is 39.6 Å². The fourth-order valence-electron chi connectivity index (χ4n) is 3.74. The molecule has 4 aromatic rings. The number of benzene rings is 1. The lowest BCUT2D eigenvalue weighted by Crippen LogP contribution is -2.39. The number of hydrogen-bond donors (Lipinski definition) is 1. The number of alkyl halides is 3. The summed E-state index contributed by atoms with van der Waals surface area (Å²) in [5.74, 6) is -0.476. The van der Waals surface area contributed by atoms with Crippen LogP contribution >= 0.6 is 11.3 Å².